The van der Waals surface area contributed by atoms with Crippen molar-refractivity contribution in [3.8, 4) is 5.69 Å². The van der Waals surface area contributed by atoms with E-state index in [0.29, 0.717) is 24.1 Å². The molecule has 0 N–H and O–H groups in total. The third-order valence-corrected chi connectivity index (χ3v) is 4.91. The van der Waals surface area contributed by atoms with Crippen molar-refractivity contribution >= 4 is 17.5 Å². The highest BCUT2D eigenvalue weighted by atomic mass is 35.5. The molecular formula is C17H17ClFN3O4. The van der Waals surface area contributed by atoms with Crippen LogP contribution in [0.3, 0.4) is 0 Å². The van der Waals surface area contributed by atoms with Crippen molar-refractivity contribution in [2.24, 2.45) is 7.05 Å². The van der Waals surface area contributed by atoms with Gasteiger partial charge in [-0.2, -0.15) is 0 Å². The zero-order valence-electron chi connectivity index (χ0n) is 14.5. The number of fused-ring (bicyclic) bond motifs is 1. The van der Waals surface area contributed by atoms with Gasteiger partial charge in [0.05, 0.1) is 23.4 Å². The Labute approximate surface area is 153 Å². The molecule has 1 aliphatic carbocycles. The van der Waals surface area contributed by atoms with Gasteiger partial charge in [0.15, 0.2) is 0 Å². The summed E-state index contributed by atoms with van der Waals surface area (Å²) in [6.45, 7) is 0. The highest BCUT2D eigenvalue weighted by Gasteiger charge is 2.25. The van der Waals surface area contributed by atoms with Gasteiger partial charge in [-0.25, -0.2) is 18.8 Å². The lowest BCUT2D eigenvalue weighted by atomic mass is 10.1. The second-order valence-electron chi connectivity index (χ2n) is 6.03. The first-order valence-electron chi connectivity index (χ1n) is 7.93. The largest absolute Gasteiger partial charge is 0.335 e. The summed E-state index contributed by atoms with van der Waals surface area (Å²) in [5, 5.41) is 0.762. The Balaban J connectivity index is 2.30. The van der Waals surface area contributed by atoms with Crippen LogP contribution in [0, 0.1) is 5.82 Å². The van der Waals surface area contributed by atoms with Crippen molar-refractivity contribution in [3.63, 3.8) is 0 Å². The van der Waals surface area contributed by atoms with Crippen LogP contribution < -0.4 is 11.2 Å². The van der Waals surface area contributed by atoms with Gasteiger partial charge >= 0.3 is 5.69 Å². The molecular weight excluding hydrogens is 365 g/mol. The molecule has 3 rings (SSSR count). The molecule has 26 heavy (non-hydrogen) atoms. The van der Waals surface area contributed by atoms with Crippen LogP contribution in [0.1, 0.15) is 28.0 Å². The van der Waals surface area contributed by atoms with E-state index in [0.717, 1.165) is 28.2 Å². The SMILES string of the molecule is CON(C)C(=O)c1cc(-n2c(=O)c3c(n(C)c2=O)CCC3)c(F)cc1Cl. The average molecular weight is 382 g/mol. The molecule has 0 spiro atoms. The quantitative estimate of drug-likeness (QED) is 0.754. The molecule has 0 saturated heterocycles. The van der Waals surface area contributed by atoms with E-state index in [9.17, 15) is 18.8 Å². The summed E-state index contributed by atoms with van der Waals surface area (Å²) in [5.74, 6) is -1.51. The van der Waals surface area contributed by atoms with Gasteiger partial charge in [-0.15, -0.1) is 0 Å². The molecule has 0 atom stereocenters. The van der Waals surface area contributed by atoms with E-state index in [1.807, 2.05) is 0 Å². The summed E-state index contributed by atoms with van der Waals surface area (Å²) in [6, 6.07) is 2.01. The smallest absolute Gasteiger partial charge is 0.300 e. The van der Waals surface area contributed by atoms with E-state index in [2.05, 4.69) is 0 Å². The van der Waals surface area contributed by atoms with Gasteiger partial charge in [0.25, 0.3) is 11.5 Å². The fourth-order valence-electron chi connectivity index (χ4n) is 3.15. The first-order valence-corrected chi connectivity index (χ1v) is 8.31. The molecule has 1 heterocycles. The Morgan fingerprint density at radius 1 is 1.31 bits per heavy atom. The maximum absolute atomic E-state index is 14.6. The molecule has 7 nitrogen and oxygen atoms in total. The number of nitrogens with zero attached hydrogens (tertiary/aromatic N) is 3. The fraction of sp³-hybridized carbons (Fsp3) is 0.353. The summed E-state index contributed by atoms with van der Waals surface area (Å²) in [7, 11) is 4.19. The Morgan fingerprint density at radius 2 is 2.00 bits per heavy atom. The number of hydrogen-bond donors (Lipinski definition) is 0. The molecule has 2 aromatic rings. The highest BCUT2D eigenvalue weighted by Crippen LogP contribution is 2.24. The predicted octanol–water partition coefficient (Wildman–Crippen LogP) is 1.45. The number of hydroxylamine groups is 2. The lowest BCUT2D eigenvalue weighted by Crippen LogP contribution is -2.41. The number of amides is 1. The van der Waals surface area contributed by atoms with Crippen LogP contribution >= 0.6 is 11.6 Å². The standard InChI is InChI=1S/C17H17ClFN3O4/c1-20-13-6-4-5-9(13)16(24)22(17(20)25)14-7-10(11(18)8-12(14)19)15(23)21(2)26-3/h7-8H,4-6H2,1-3H3. The van der Waals surface area contributed by atoms with Gasteiger partial charge in [0, 0.05) is 25.4 Å². The topological polar surface area (TPSA) is 73.5 Å². The Hall–Kier alpha value is -2.45. The molecule has 1 aliphatic rings. The van der Waals surface area contributed by atoms with Crippen LogP contribution in [0.25, 0.3) is 5.69 Å². The highest BCUT2D eigenvalue weighted by molar-refractivity contribution is 6.33. The van der Waals surface area contributed by atoms with Crippen molar-refractivity contribution in [1.82, 2.24) is 14.2 Å². The number of carbonyl (C=O) groups excluding carboxylic acids is 1. The molecule has 138 valence electrons. The minimum absolute atomic E-state index is 0.0816. The zero-order valence-corrected chi connectivity index (χ0v) is 15.3. The van der Waals surface area contributed by atoms with Crippen LogP contribution in [0.4, 0.5) is 4.39 Å². The summed E-state index contributed by atoms with van der Waals surface area (Å²) in [5.41, 5.74) is -0.482. The second kappa shape index (κ2) is 6.69. The van der Waals surface area contributed by atoms with Crippen LogP contribution in [0.2, 0.25) is 5.02 Å². The average Bonchev–Trinajstić information content (AvgIpc) is 3.10. The van der Waals surface area contributed by atoms with Crippen LogP contribution in [-0.4, -0.2) is 34.3 Å². The van der Waals surface area contributed by atoms with Crippen LogP contribution in [-0.2, 0) is 24.7 Å². The molecule has 0 bridgehead atoms. The number of benzene rings is 1. The Bertz CT molecular complexity index is 1030. The molecule has 0 radical (unpaired) electrons. The van der Waals surface area contributed by atoms with Gasteiger partial charge in [-0.3, -0.25) is 14.4 Å². The second-order valence-corrected chi connectivity index (χ2v) is 6.44. The fourth-order valence-corrected chi connectivity index (χ4v) is 3.38. The van der Waals surface area contributed by atoms with E-state index in [1.54, 1.807) is 7.05 Å². The molecule has 1 aromatic heterocycles. The minimum Gasteiger partial charge on any atom is -0.300 e. The number of aromatic nitrogens is 2. The van der Waals surface area contributed by atoms with Gasteiger partial charge in [0.1, 0.15) is 5.82 Å². The molecule has 0 saturated carbocycles. The molecule has 9 heteroatoms. The third kappa shape index (κ3) is 2.75. The molecule has 1 aromatic carbocycles. The van der Waals surface area contributed by atoms with E-state index >= 15 is 0 Å². The van der Waals surface area contributed by atoms with Crippen molar-refractivity contribution < 1.29 is 14.0 Å². The number of rotatable bonds is 3. The van der Waals surface area contributed by atoms with Gasteiger partial charge in [-0.1, -0.05) is 11.6 Å². The normalized spacial score (nSPS) is 13.0. The zero-order chi connectivity index (χ0) is 19.2. The number of carbonyl (C=O) groups is 1. The molecule has 0 unspecified atom stereocenters. The number of halogens is 2. The lowest BCUT2D eigenvalue weighted by molar-refractivity contribution is -0.0756. The third-order valence-electron chi connectivity index (χ3n) is 4.60. The van der Waals surface area contributed by atoms with Crippen molar-refractivity contribution in [2.45, 2.75) is 19.3 Å². The summed E-state index contributed by atoms with van der Waals surface area (Å²) in [4.78, 5) is 42.6. The van der Waals surface area contributed by atoms with Crippen LogP contribution in [0.15, 0.2) is 21.7 Å². The predicted molar refractivity (Wildman–Crippen MR) is 93.4 cm³/mol. The van der Waals surface area contributed by atoms with E-state index in [1.165, 1.54) is 18.7 Å². The lowest BCUT2D eigenvalue weighted by Gasteiger charge is -2.17. The maximum atomic E-state index is 14.6. The van der Waals surface area contributed by atoms with Gasteiger partial charge in [0.2, 0.25) is 0 Å². The van der Waals surface area contributed by atoms with E-state index in [-0.39, 0.29) is 16.3 Å². The summed E-state index contributed by atoms with van der Waals surface area (Å²) >= 11 is 5.98. The van der Waals surface area contributed by atoms with E-state index < -0.39 is 23.0 Å². The number of hydrogen-bond acceptors (Lipinski definition) is 4. The Morgan fingerprint density at radius 3 is 2.65 bits per heavy atom. The molecule has 0 fully saturated rings. The van der Waals surface area contributed by atoms with Gasteiger partial charge < -0.3 is 4.57 Å². The Kier molecular flexibility index (Phi) is 4.72. The minimum atomic E-state index is -0.872. The molecule has 1 amide bonds. The van der Waals surface area contributed by atoms with Crippen molar-refractivity contribution in [3.05, 3.63) is 60.6 Å². The first-order chi connectivity index (χ1) is 12.3. The summed E-state index contributed by atoms with van der Waals surface area (Å²) < 4.78 is 16.7. The maximum Gasteiger partial charge on any atom is 0.335 e. The molecule has 0 aliphatic heterocycles. The monoisotopic (exact) mass is 381 g/mol. The van der Waals surface area contributed by atoms with E-state index in [4.69, 9.17) is 16.4 Å². The van der Waals surface area contributed by atoms with Crippen molar-refractivity contribution in [2.75, 3.05) is 14.2 Å². The van der Waals surface area contributed by atoms with Crippen molar-refractivity contribution in [1.29, 1.82) is 0 Å². The van der Waals surface area contributed by atoms with Gasteiger partial charge in [-0.05, 0) is 31.4 Å². The first kappa shape index (κ1) is 18.3. The van der Waals surface area contributed by atoms with Crippen LogP contribution in [0.5, 0.6) is 0 Å². The summed E-state index contributed by atoms with van der Waals surface area (Å²) in [6.07, 6.45) is 1.91.